The van der Waals surface area contributed by atoms with Crippen LogP contribution in [-0.4, -0.2) is 13.4 Å². The van der Waals surface area contributed by atoms with E-state index >= 15 is 0 Å². The summed E-state index contributed by atoms with van der Waals surface area (Å²) in [5, 5.41) is 2.64. The normalized spacial score (nSPS) is 11.7. The van der Waals surface area contributed by atoms with Crippen LogP contribution in [0.5, 0.6) is 0 Å². The van der Waals surface area contributed by atoms with E-state index in [4.69, 9.17) is 5.73 Å². The molecule has 19 heavy (non-hydrogen) atoms. The Bertz CT molecular complexity index is 698. The van der Waals surface area contributed by atoms with Gasteiger partial charge in [-0.05, 0) is 25.1 Å². The summed E-state index contributed by atoms with van der Waals surface area (Å²) in [6, 6.07) is 3.28. The number of nitrogens with one attached hydrogen (secondary N) is 1. The Labute approximate surface area is 114 Å². The summed E-state index contributed by atoms with van der Waals surface area (Å²) in [6.07, 6.45) is 0. The standard InChI is InChI=1S/C11H12FN3O2S2/c1-7-15-8(6-18-7)5-14-19(16,17)9-2-3-10(12)11(13)4-9/h2-4,6,14H,5,13H2,1H3. The molecule has 2 aromatic rings. The van der Waals surface area contributed by atoms with Crippen molar-refractivity contribution in [2.24, 2.45) is 0 Å². The molecule has 0 aliphatic heterocycles. The van der Waals surface area contributed by atoms with Gasteiger partial charge in [-0.25, -0.2) is 22.5 Å². The van der Waals surface area contributed by atoms with E-state index in [2.05, 4.69) is 9.71 Å². The van der Waals surface area contributed by atoms with Crippen LogP contribution >= 0.6 is 11.3 Å². The first-order valence-electron chi connectivity index (χ1n) is 5.34. The first-order chi connectivity index (χ1) is 8.88. The minimum Gasteiger partial charge on any atom is -0.396 e. The molecular formula is C11H12FN3O2S2. The van der Waals surface area contributed by atoms with Gasteiger partial charge in [-0.15, -0.1) is 11.3 Å². The molecule has 0 aliphatic rings. The molecular weight excluding hydrogens is 289 g/mol. The first-order valence-corrected chi connectivity index (χ1v) is 7.70. The number of aromatic nitrogens is 1. The van der Waals surface area contributed by atoms with Gasteiger partial charge in [-0.2, -0.15) is 0 Å². The van der Waals surface area contributed by atoms with E-state index in [1.54, 1.807) is 5.38 Å². The Morgan fingerprint density at radius 2 is 2.21 bits per heavy atom. The molecule has 0 atom stereocenters. The van der Waals surface area contributed by atoms with Crippen molar-refractivity contribution in [1.29, 1.82) is 0 Å². The SMILES string of the molecule is Cc1nc(CNS(=O)(=O)c2ccc(F)c(N)c2)cs1. The number of sulfonamides is 1. The lowest BCUT2D eigenvalue weighted by Gasteiger charge is -2.06. The van der Waals surface area contributed by atoms with Crippen molar-refractivity contribution in [3.63, 3.8) is 0 Å². The lowest BCUT2D eigenvalue weighted by atomic mass is 10.3. The molecule has 0 unspecified atom stereocenters. The molecule has 0 bridgehead atoms. The van der Waals surface area contributed by atoms with Gasteiger partial charge in [0, 0.05) is 5.38 Å². The number of nitrogens with two attached hydrogens (primary N) is 1. The third-order valence-electron chi connectivity index (χ3n) is 2.39. The van der Waals surface area contributed by atoms with E-state index in [1.165, 1.54) is 17.4 Å². The fraction of sp³-hybridized carbons (Fsp3) is 0.182. The summed E-state index contributed by atoms with van der Waals surface area (Å²) < 4.78 is 39.3. The van der Waals surface area contributed by atoms with E-state index < -0.39 is 15.8 Å². The van der Waals surface area contributed by atoms with Crippen LogP contribution in [0, 0.1) is 12.7 Å². The van der Waals surface area contributed by atoms with E-state index in [-0.39, 0.29) is 17.1 Å². The third-order valence-corrected chi connectivity index (χ3v) is 4.61. The van der Waals surface area contributed by atoms with Gasteiger partial charge < -0.3 is 5.73 Å². The molecule has 0 spiro atoms. The van der Waals surface area contributed by atoms with Gasteiger partial charge in [0.1, 0.15) is 5.82 Å². The number of nitrogen functional groups attached to an aromatic ring is 1. The highest BCUT2D eigenvalue weighted by atomic mass is 32.2. The second-order valence-corrected chi connectivity index (χ2v) is 6.69. The predicted molar refractivity (Wildman–Crippen MR) is 71.7 cm³/mol. The lowest BCUT2D eigenvalue weighted by molar-refractivity contribution is 0.580. The zero-order valence-corrected chi connectivity index (χ0v) is 11.7. The highest BCUT2D eigenvalue weighted by Gasteiger charge is 2.15. The van der Waals surface area contributed by atoms with Crippen LogP contribution in [-0.2, 0) is 16.6 Å². The van der Waals surface area contributed by atoms with Crippen LogP contribution in [0.1, 0.15) is 10.7 Å². The Morgan fingerprint density at radius 3 is 2.79 bits per heavy atom. The average Bonchev–Trinajstić information content (AvgIpc) is 2.76. The third kappa shape index (κ3) is 3.28. The summed E-state index contributed by atoms with van der Waals surface area (Å²) in [6.45, 7) is 1.92. The quantitative estimate of drug-likeness (QED) is 0.841. The van der Waals surface area contributed by atoms with Gasteiger partial charge in [-0.3, -0.25) is 0 Å². The first kappa shape index (κ1) is 13.9. The Hall–Kier alpha value is -1.51. The predicted octanol–water partition coefficient (Wildman–Crippen LogP) is 1.65. The van der Waals surface area contributed by atoms with Crippen LogP contribution in [0.2, 0.25) is 0 Å². The van der Waals surface area contributed by atoms with Crippen molar-refractivity contribution in [3.8, 4) is 0 Å². The molecule has 0 aliphatic carbocycles. The molecule has 102 valence electrons. The second-order valence-electron chi connectivity index (χ2n) is 3.87. The molecule has 3 N–H and O–H groups in total. The number of nitrogens with zero attached hydrogens (tertiary/aromatic N) is 1. The van der Waals surface area contributed by atoms with Crippen molar-refractivity contribution in [3.05, 3.63) is 40.1 Å². The van der Waals surface area contributed by atoms with Gasteiger partial charge in [0.05, 0.1) is 27.8 Å². The van der Waals surface area contributed by atoms with Gasteiger partial charge in [-0.1, -0.05) is 0 Å². The van der Waals surface area contributed by atoms with Crippen molar-refractivity contribution < 1.29 is 12.8 Å². The number of halogens is 1. The van der Waals surface area contributed by atoms with Gasteiger partial charge in [0.15, 0.2) is 0 Å². The Balaban J connectivity index is 2.16. The van der Waals surface area contributed by atoms with Gasteiger partial charge >= 0.3 is 0 Å². The van der Waals surface area contributed by atoms with Crippen LogP contribution in [0.25, 0.3) is 0 Å². The number of rotatable bonds is 4. The molecule has 1 aromatic carbocycles. The fourth-order valence-corrected chi connectivity index (χ4v) is 3.08. The monoisotopic (exact) mass is 301 g/mol. The van der Waals surface area contributed by atoms with E-state index in [0.29, 0.717) is 5.69 Å². The summed E-state index contributed by atoms with van der Waals surface area (Å²) in [5.74, 6) is -0.644. The minimum absolute atomic E-state index is 0.0710. The van der Waals surface area contributed by atoms with Gasteiger partial charge in [0.25, 0.3) is 0 Å². The van der Waals surface area contributed by atoms with Crippen LogP contribution in [0.15, 0.2) is 28.5 Å². The van der Waals surface area contributed by atoms with Crippen molar-refractivity contribution >= 4 is 27.0 Å². The Morgan fingerprint density at radius 1 is 1.47 bits per heavy atom. The molecule has 0 saturated heterocycles. The number of anilines is 1. The van der Waals surface area contributed by atoms with Crippen LogP contribution in [0.3, 0.4) is 0 Å². The Kier molecular flexibility index (Phi) is 3.83. The molecule has 0 amide bonds. The summed E-state index contributed by atoms with van der Waals surface area (Å²) in [7, 11) is -3.72. The van der Waals surface area contributed by atoms with E-state index in [9.17, 15) is 12.8 Å². The molecule has 5 nitrogen and oxygen atoms in total. The summed E-state index contributed by atoms with van der Waals surface area (Å²) >= 11 is 1.44. The van der Waals surface area contributed by atoms with Crippen molar-refractivity contribution in [2.75, 3.05) is 5.73 Å². The highest BCUT2D eigenvalue weighted by molar-refractivity contribution is 7.89. The maximum atomic E-state index is 13.0. The zero-order valence-electron chi connectivity index (χ0n) is 10.1. The highest BCUT2D eigenvalue weighted by Crippen LogP contribution is 2.17. The maximum absolute atomic E-state index is 13.0. The largest absolute Gasteiger partial charge is 0.396 e. The maximum Gasteiger partial charge on any atom is 0.241 e. The fourth-order valence-electron chi connectivity index (χ4n) is 1.43. The lowest BCUT2D eigenvalue weighted by Crippen LogP contribution is -2.23. The molecule has 0 fully saturated rings. The topological polar surface area (TPSA) is 85.1 Å². The van der Waals surface area contributed by atoms with Gasteiger partial charge in [0.2, 0.25) is 10.0 Å². The number of hydrogen-bond donors (Lipinski definition) is 2. The molecule has 2 rings (SSSR count). The number of hydrogen-bond acceptors (Lipinski definition) is 5. The molecule has 0 saturated carbocycles. The van der Waals surface area contributed by atoms with E-state index in [0.717, 1.165) is 17.1 Å². The smallest absolute Gasteiger partial charge is 0.241 e. The number of aryl methyl sites for hydroxylation is 1. The molecule has 1 aromatic heterocycles. The molecule has 0 radical (unpaired) electrons. The van der Waals surface area contributed by atoms with Crippen LogP contribution < -0.4 is 10.5 Å². The minimum atomic E-state index is -3.72. The molecule has 8 heteroatoms. The van der Waals surface area contributed by atoms with E-state index in [1.807, 2.05) is 6.92 Å². The summed E-state index contributed by atoms with van der Waals surface area (Å²) in [4.78, 5) is 4.08. The number of benzene rings is 1. The second kappa shape index (κ2) is 5.24. The zero-order chi connectivity index (χ0) is 14.0. The van der Waals surface area contributed by atoms with Crippen molar-refractivity contribution in [1.82, 2.24) is 9.71 Å². The number of thiazole rings is 1. The van der Waals surface area contributed by atoms with Crippen LogP contribution in [0.4, 0.5) is 10.1 Å². The molecule has 1 heterocycles. The van der Waals surface area contributed by atoms with Crippen molar-refractivity contribution in [2.45, 2.75) is 18.4 Å². The average molecular weight is 301 g/mol. The summed E-state index contributed by atoms with van der Waals surface area (Å²) in [5.41, 5.74) is 5.79.